The van der Waals surface area contributed by atoms with E-state index in [-0.39, 0.29) is 23.6 Å². The van der Waals surface area contributed by atoms with Crippen molar-refractivity contribution in [3.63, 3.8) is 0 Å². The van der Waals surface area contributed by atoms with Gasteiger partial charge in [-0.05, 0) is 67.6 Å². The van der Waals surface area contributed by atoms with Crippen LogP contribution in [-0.4, -0.2) is 49.0 Å². The number of carboxylic acids is 1. The highest BCUT2D eigenvalue weighted by Crippen LogP contribution is 2.31. The maximum atomic E-state index is 12.7. The predicted octanol–water partition coefficient (Wildman–Crippen LogP) is 4.18. The zero-order chi connectivity index (χ0) is 28.0. The molecule has 0 bridgehead atoms. The molecule has 0 unspecified atom stereocenters. The number of sulfone groups is 1. The van der Waals surface area contributed by atoms with Gasteiger partial charge in [0.15, 0.2) is 9.84 Å². The van der Waals surface area contributed by atoms with Crippen LogP contribution in [-0.2, 0) is 49.4 Å². The van der Waals surface area contributed by atoms with Crippen molar-refractivity contribution < 1.29 is 27.9 Å². The fourth-order valence-electron chi connectivity index (χ4n) is 4.52. The third-order valence-electron chi connectivity index (χ3n) is 6.55. The van der Waals surface area contributed by atoms with E-state index in [1.54, 1.807) is 13.1 Å². The van der Waals surface area contributed by atoms with Gasteiger partial charge in [-0.25, -0.2) is 8.42 Å². The molecular weight excluding hydrogens is 530 g/mol. The summed E-state index contributed by atoms with van der Waals surface area (Å²) < 4.78 is 25.4. The minimum absolute atomic E-state index is 0.0381. The minimum atomic E-state index is -3.13. The fourth-order valence-corrected chi connectivity index (χ4v) is 6.63. The van der Waals surface area contributed by atoms with E-state index in [4.69, 9.17) is 26.3 Å². The number of fused-ring (bicyclic) bond motifs is 1. The largest absolute Gasteiger partial charge is 0.481 e. The average molecular weight is 566 g/mol. The third-order valence-corrected chi connectivity index (χ3v) is 9.05. The van der Waals surface area contributed by atoms with Gasteiger partial charge >= 0.3 is 12.1 Å². The van der Waals surface area contributed by atoms with Crippen molar-refractivity contribution in [1.29, 1.82) is 0 Å². The van der Waals surface area contributed by atoms with Crippen LogP contribution in [0.15, 0.2) is 30.5 Å². The number of aromatic nitrogens is 1. The molecule has 0 spiro atoms. The second-order valence-corrected chi connectivity index (χ2v) is 11.9. The number of hydrogen-bond acceptors (Lipinski definition) is 8. The topological polar surface area (TPSA) is 143 Å². The number of carboxylic acid groups (broad SMARTS) is 1. The summed E-state index contributed by atoms with van der Waals surface area (Å²) in [5.74, 6) is -0.707. The van der Waals surface area contributed by atoms with Crippen LogP contribution >= 0.6 is 11.6 Å². The highest BCUT2D eigenvalue weighted by molar-refractivity contribution is 7.91. The summed E-state index contributed by atoms with van der Waals surface area (Å²) in [6.07, 6.45) is 8.98. The van der Waals surface area contributed by atoms with Crippen molar-refractivity contribution in [1.82, 2.24) is 10.3 Å². The van der Waals surface area contributed by atoms with Crippen LogP contribution in [0.5, 0.6) is 0 Å². The molecule has 1 aliphatic heterocycles. The van der Waals surface area contributed by atoms with E-state index < -0.39 is 15.8 Å². The fraction of sp³-hybridized carbons (Fsp3) is 0.519. The normalized spacial score (nSPS) is 15.3. The second-order valence-electron chi connectivity index (χ2n) is 9.22. The molecule has 0 amide bonds. The first-order valence-electron chi connectivity index (χ1n) is 12.8. The van der Waals surface area contributed by atoms with Crippen LogP contribution in [0, 0.1) is 0 Å². The van der Waals surface area contributed by atoms with Crippen molar-refractivity contribution in [2.75, 3.05) is 18.4 Å². The third kappa shape index (κ3) is 10.2. The van der Waals surface area contributed by atoms with Crippen LogP contribution in [0.25, 0.3) is 0 Å². The lowest BCUT2D eigenvalue weighted by atomic mass is 10.0. The number of carbonyl (C=O) groups is 1. The Morgan fingerprint density at radius 2 is 1.79 bits per heavy atom. The molecule has 1 aromatic heterocycles. The lowest BCUT2D eigenvalue weighted by Gasteiger charge is -2.21. The van der Waals surface area contributed by atoms with Crippen LogP contribution < -0.4 is 10.6 Å². The first-order valence-corrected chi connectivity index (χ1v) is 14.9. The van der Waals surface area contributed by atoms with Crippen molar-refractivity contribution in [2.24, 2.45) is 0 Å². The van der Waals surface area contributed by atoms with Gasteiger partial charge in [-0.1, -0.05) is 49.9 Å². The number of anilines is 1. The van der Waals surface area contributed by atoms with Crippen LogP contribution in [0.1, 0.15) is 67.8 Å². The summed E-state index contributed by atoms with van der Waals surface area (Å²) in [6, 6.07) is 7.89. The van der Waals surface area contributed by atoms with Crippen molar-refractivity contribution in [2.45, 2.75) is 75.8 Å². The van der Waals surface area contributed by atoms with Crippen molar-refractivity contribution in [3.05, 3.63) is 57.9 Å². The maximum Gasteiger partial charge on any atom is 0.373 e. The molecule has 3 N–H and O–H groups in total. The molecule has 0 saturated heterocycles. The minimum Gasteiger partial charge on any atom is -0.481 e. The number of carbonyl (C=O) groups excluding carboxylic acids is 2. The van der Waals surface area contributed by atoms with Crippen molar-refractivity contribution in [3.8, 4) is 0 Å². The smallest absolute Gasteiger partial charge is 0.373 e. The molecule has 0 atom stereocenters. The van der Waals surface area contributed by atoms with E-state index in [9.17, 15) is 13.2 Å². The monoisotopic (exact) mass is 565 g/mol. The summed E-state index contributed by atoms with van der Waals surface area (Å²) in [4.78, 5) is 30.1. The zero-order valence-corrected chi connectivity index (χ0v) is 23.2. The van der Waals surface area contributed by atoms with E-state index in [2.05, 4.69) is 21.7 Å². The number of rotatable bonds is 7. The zero-order valence-electron chi connectivity index (χ0n) is 21.7. The molecule has 208 valence electrons. The molecule has 1 saturated carbocycles. The molecule has 11 heteroatoms. The Hall–Kier alpha value is -2.78. The van der Waals surface area contributed by atoms with Crippen LogP contribution in [0.4, 0.5) is 5.69 Å². The first-order chi connectivity index (χ1) is 18.2. The highest BCUT2D eigenvalue weighted by atomic mass is 35.5. The van der Waals surface area contributed by atoms with Gasteiger partial charge in [-0.2, -0.15) is 9.59 Å². The first kappa shape index (κ1) is 31.4. The molecule has 2 heterocycles. The highest BCUT2D eigenvalue weighted by Gasteiger charge is 2.27. The molecule has 4 rings (SSSR count). The second kappa shape index (κ2) is 16.2. The lowest BCUT2D eigenvalue weighted by molar-refractivity contribution is -0.191. The number of hydrogen-bond donors (Lipinski definition) is 3. The van der Waals surface area contributed by atoms with Gasteiger partial charge in [-0.15, -0.1) is 0 Å². The lowest BCUT2D eigenvalue weighted by Crippen LogP contribution is -2.25. The molecule has 1 aliphatic carbocycles. The van der Waals surface area contributed by atoms with Gasteiger partial charge in [0.25, 0.3) is 0 Å². The number of benzene rings is 1. The summed E-state index contributed by atoms with van der Waals surface area (Å²) in [5, 5.41) is 15.2. The Morgan fingerprint density at radius 1 is 1.13 bits per heavy atom. The quantitative estimate of drug-likeness (QED) is 0.450. The number of nitrogens with one attached hydrogen (secondary N) is 2. The summed E-state index contributed by atoms with van der Waals surface area (Å²) >= 11 is 6.49. The summed E-state index contributed by atoms with van der Waals surface area (Å²) in [7, 11) is -3.13. The van der Waals surface area contributed by atoms with E-state index in [1.807, 2.05) is 18.2 Å². The summed E-state index contributed by atoms with van der Waals surface area (Å²) in [6.45, 7) is 4.14. The maximum absolute atomic E-state index is 12.7. The molecule has 2 aromatic rings. The number of pyridine rings is 1. The van der Waals surface area contributed by atoms with Gasteiger partial charge in [0.1, 0.15) is 0 Å². The van der Waals surface area contributed by atoms with Crippen LogP contribution in [0.3, 0.4) is 0 Å². The van der Waals surface area contributed by atoms with E-state index >= 15 is 0 Å². The van der Waals surface area contributed by atoms with Crippen LogP contribution in [0.2, 0.25) is 5.02 Å². The molecule has 0 radical (unpaired) electrons. The Morgan fingerprint density at radius 3 is 2.39 bits per heavy atom. The Labute approximate surface area is 229 Å². The average Bonchev–Trinajstić information content (AvgIpc) is 3.16. The predicted molar refractivity (Wildman–Crippen MR) is 146 cm³/mol. The van der Waals surface area contributed by atoms with Gasteiger partial charge in [-0.3, -0.25) is 9.78 Å². The Kier molecular flexibility index (Phi) is 13.4. The number of aliphatic carboxylic acids is 1. The van der Waals surface area contributed by atoms with Crippen molar-refractivity contribution >= 4 is 39.2 Å². The SMILES string of the molecule is CCC(=O)O.O=C=O.O=S(=O)(Cc1ccc(CNc2c(Cl)ccc3c2CCNCC3)cn1)C1CCCCC1. The summed E-state index contributed by atoms with van der Waals surface area (Å²) in [5.41, 5.74) is 5.27. The Bertz CT molecular complexity index is 1180. The molecule has 9 nitrogen and oxygen atoms in total. The van der Waals surface area contributed by atoms with E-state index in [0.29, 0.717) is 12.2 Å². The molecular formula is C27H36ClN3O6S. The standard InChI is InChI=1S/C23H30ClN3O2S.C3H6O2.CO2/c24-22-9-7-18-10-12-25-13-11-21(18)23(22)27-15-17-6-8-19(26-14-17)16-30(28,29)20-4-2-1-3-5-20;1-2-3(4)5;2-1-3/h6-9,14,20,25,27H,1-5,10-13,15-16H2;2H2,1H3,(H,4,5);. The number of nitrogens with zero attached hydrogens (tertiary/aromatic N) is 1. The number of halogens is 1. The van der Waals surface area contributed by atoms with Gasteiger partial charge in [0.2, 0.25) is 0 Å². The molecule has 1 fully saturated rings. The molecule has 38 heavy (non-hydrogen) atoms. The van der Waals surface area contributed by atoms with E-state index in [1.165, 1.54) is 11.1 Å². The van der Waals surface area contributed by atoms with Gasteiger partial charge in [0, 0.05) is 19.2 Å². The van der Waals surface area contributed by atoms with E-state index in [0.717, 1.165) is 74.3 Å². The molecule has 1 aromatic carbocycles. The van der Waals surface area contributed by atoms with Gasteiger partial charge < -0.3 is 15.7 Å². The Balaban J connectivity index is 0.000000559. The van der Waals surface area contributed by atoms with Gasteiger partial charge in [0.05, 0.1) is 27.4 Å². The molecule has 2 aliphatic rings.